The Morgan fingerprint density at radius 2 is 0.873 bits per heavy atom. The molecule has 0 fully saturated rings. The minimum absolute atomic E-state index is 0.00828. The third-order valence-electron chi connectivity index (χ3n) is 9.15. The highest BCUT2D eigenvalue weighted by atomic mass is 35.6. The van der Waals surface area contributed by atoms with Crippen LogP contribution >= 0.6 is 77.7 Å². The van der Waals surface area contributed by atoms with E-state index < -0.39 is 75.7 Å². The molecule has 0 aromatic carbocycles. The molecule has 0 atom stereocenters. The molecule has 26 nitrogen and oxygen atoms in total. The number of halogens is 3. The first-order chi connectivity index (χ1) is 35.7. The number of aliphatic hydroxyl groups excluding tert-OH is 1. The van der Waals surface area contributed by atoms with Crippen molar-refractivity contribution in [1.82, 2.24) is 15.1 Å². The number of nitrogens with one attached hydrogen (secondary N) is 1. The average molecular weight is 1320 g/mol. The van der Waals surface area contributed by atoms with Crippen molar-refractivity contribution in [2.24, 2.45) is 10.7 Å². The predicted octanol–water partition coefficient (Wildman–Crippen LogP) is 8.06. The highest BCUT2D eigenvalue weighted by molar-refractivity contribution is 7.81. The molecule has 0 aliphatic rings. The third kappa shape index (κ3) is 52.4. The smallest absolute Gasteiger partial charge is 0.466 e. The van der Waals surface area contributed by atoms with E-state index >= 15 is 0 Å². The summed E-state index contributed by atoms with van der Waals surface area (Å²) in [6.45, 7) is 28.5. The number of aliphatic hydroxyl groups is 1. The van der Waals surface area contributed by atoms with Crippen molar-refractivity contribution in [3.05, 3.63) is 0 Å². The van der Waals surface area contributed by atoms with E-state index in [4.69, 9.17) is 69.3 Å². The van der Waals surface area contributed by atoms with Gasteiger partial charge in [-0.2, -0.15) is 4.99 Å². The van der Waals surface area contributed by atoms with Gasteiger partial charge in [0.15, 0.2) is 5.52 Å². The van der Waals surface area contributed by atoms with E-state index in [0.29, 0.717) is 45.9 Å². The van der Waals surface area contributed by atoms with Gasteiger partial charge in [0.05, 0.1) is 65.8 Å². The van der Waals surface area contributed by atoms with Gasteiger partial charge in [-0.1, -0.05) is 0 Å². The first-order valence-electron chi connectivity index (χ1n) is 24.3. The average Bonchev–Trinajstić information content (AvgIpc) is 3.27. The molecule has 0 radical (unpaired) electrons. The van der Waals surface area contributed by atoms with E-state index in [-0.39, 0.29) is 82.5 Å². The number of nitrogens with two attached hydrogens (primary N) is 1. The molecule has 35 heteroatoms. The van der Waals surface area contributed by atoms with Crippen LogP contribution in [0.5, 0.6) is 0 Å². The van der Waals surface area contributed by atoms with Crippen LogP contribution in [-0.4, -0.2) is 244 Å². The molecule has 4 N–H and O–H groups in total. The van der Waals surface area contributed by atoms with Crippen LogP contribution in [0.1, 0.15) is 53.4 Å². The van der Waals surface area contributed by atoms with E-state index in [0.717, 1.165) is 7.11 Å². The Kier molecular flexibility index (Phi) is 47.2. The number of carbonyl (C=O) groups excluding carboxylic acids is 7. The molecule has 0 aromatic rings. The monoisotopic (exact) mass is 1320 g/mol. The summed E-state index contributed by atoms with van der Waals surface area (Å²) in [5.41, 5.74) is 3.06. The van der Waals surface area contributed by atoms with Gasteiger partial charge in [-0.15, -0.1) is 0 Å². The number of amides is 1. The summed E-state index contributed by atoms with van der Waals surface area (Å²) >= 11 is 15.0. The van der Waals surface area contributed by atoms with Crippen molar-refractivity contribution in [3.8, 4) is 0 Å². The summed E-state index contributed by atoms with van der Waals surface area (Å²) in [7, 11) is -14.5. The lowest BCUT2D eigenvalue weighted by molar-refractivity contribution is -0.145. The summed E-state index contributed by atoms with van der Waals surface area (Å²) in [5, 5.41) is 11.4. The maximum Gasteiger partial charge on any atom is 0.511 e. The number of nitrogens with zero attached hydrogens (tertiary/aromatic N) is 3. The first kappa shape index (κ1) is 85.7. The number of esters is 4. The number of aliphatic imine (C=N–C) groups is 1. The lowest BCUT2D eigenvalue weighted by Crippen LogP contribution is -2.37. The molecule has 0 rings (SSSR count). The molecule has 1 amide bonds. The van der Waals surface area contributed by atoms with Gasteiger partial charge in [0.25, 0.3) is 0 Å². The zero-order chi connectivity index (χ0) is 63.2. The van der Waals surface area contributed by atoms with Gasteiger partial charge < -0.3 is 76.7 Å². The highest BCUT2D eigenvalue weighted by Gasteiger charge is 2.36. The molecule has 79 heavy (non-hydrogen) atoms. The van der Waals surface area contributed by atoms with E-state index in [9.17, 15) is 61.0 Å². The molecule has 0 saturated heterocycles. The van der Waals surface area contributed by atoms with E-state index in [2.05, 4.69) is 19.8 Å². The quantitative estimate of drug-likeness (QED) is 0.0159. The van der Waals surface area contributed by atoms with Crippen LogP contribution in [0, 0.1) is 0 Å². The molecule has 0 aliphatic heterocycles. The lowest BCUT2D eigenvalue weighted by Gasteiger charge is -2.26. The Morgan fingerprint density at radius 1 is 0.557 bits per heavy atom. The number of alkyl carbamates (subject to hydrolysis) is 1. The maximum absolute atomic E-state index is 12.3. The van der Waals surface area contributed by atoms with Crippen molar-refractivity contribution >= 4 is 120 Å². The van der Waals surface area contributed by atoms with Gasteiger partial charge in [-0.05, 0) is 142 Å². The number of alkyl halides is 3. The SMILES string of the molecule is CCOC(=O)CCN(CCO)CCC(=O)OCC.CCOC(=O)CCN(CCOC(=O)NC(P(C)(C)=O)P(C)(C)=O)CCC(=O)OCC.COC(=O)OC(Cl)(Cl)Cl.CP(C)(=O)C(N)P(C)(C)=O.CP(C)(=O)C(N=C=O)P(C)(C)=O. The van der Waals surface area contributed by atoms with Gasteiger partial charge >= 0.3 is 40.1 Å². The summed E-state index contributed by atoms with van der Waals surface area (Å²) in [5.74, 6) is -1.25. The first-order valence-corrected chi connectivity index (χ1v) is 41.5. The van der Waals surface area contributed by atoms with Crippen LogP contribution in [0.25, 0.3) is 0 Å². The Balaban J connectivity index is -0.000000316. The standard InChI is InChI=1S/C18H36N2O8P2.C12H23NO5.C6H13NO3P2.C5H15NO2P2.C3H3Cl3O3/c1-7-26-15(21)9-11-20(12-10-16(22)27-8-2)13-14-28-17(23)19-18(29(3,4)24)30(5,6)25;1-3-17-11(15)5-7-13(9-10-14)8-6-12(16)18-4-2;1-11(2,9)6(7-5-8)12(3,4)10;1-9(2,7)5(6)10(3,4)8;1-8-2(7)9-3(4,5)6/h18H,7-14H2,1-6H3,(H,19,23);14H,3-10H2,1-2H3;6H,1-4H3;5H,6H2,1-4H3;1H3. The zero-order valence-electron chi connectivity index (χ0n) is 48.9. The highest BCUT2D eigenvalue weighted by Crippen LogP contribution is 2.62. The lowest BCUT2D eigenvalue weighted by atomic mass is 10.3. The van der Waals surface area contributed by atoms with Crippen LogP contribution in [0.2, 0.25) is 0 Å². The number of methoxy groups -OCH3 is 1. The minimum atomic E-state index is -2.85. The molecule has 0 saturated carbocycles. The molecule has 0 heterocycles. The Hall–Kier alpha value is -2.11. The molecular formula is C44H90Cl3N5O21P6. The maximum atomic E-state index is 12.3. The third-order valence-corrected chi connectivity index (χ3v) is 27.0. The van der Waals surface area contributed by atoms with Crippen LogP contribution in [0.4, 0.5) is 9.59 Å². The van der Waals surface area contributed by atoms with Crippen molar-refractivity contribution in [2.45, 2.75) is 73.9 Å². The second-order valence-corrected chi connectivity index (χ2v) is 42.6. The van der Waals surface area contributed by atoms with Crippen LogP contribution in [0.3, 0.4) is 0 Å². The Morgan fingerprint density at radius 3 is 1.06 bits per heavy atom. The number of ether oxygens (including phenoxy) is 7. The number of rotatable bonds is 29. The van der Waals surface area contributed by atoms with Gasteiger partial charge in [-0.25, -0.2) is 14.4 Å². The predicted molar refractivity (Wildman–Crippen MR) is 314 cm³/mol. The minimum Gasteiger partial charge on any atom is -0.466 e. The molecule has 0 unspecified atom stereocenters. The van der Waals surface area contributed by atoms with Crippen LogP contribution in [0.15, 0.2) is 4.99 Å². The Bertz CT molecular complexity index is 2060. The molecule has 0 aromatic heterocycles. The summed E-state index contributed by atoms with van der Waals surface area (Å²) in [4.78, 5) is 84.7. The second-order valence-electron chi connectivity index (χ2n) is 18.9. The molecule has 0 bridgehead atoms. The van der Waals surface area contributed by atoms with Crippen LogP contribution in [-0.2, 0) is 84.5 Å². The summed E-state index contributed by atoms with van der Waals surface area (Å²) < 4.78 is 101. The van der Waals surface area contributed by atoms with Gasteiger partial charge in [0.2, 0.25) is 6.08 Å². The van der Waals surface area contributed by atoms with E-state index in [1.807, 2.05) is 4.90 Å². The molecule has 468 valence electrons. The van der Waals surface area contributed by atoms with Crippen LogP contribution < -0.4 is 11.1 Å². The largest absolute Gasteiger partial charge is 0.511 e. The topological polar surface area (TPSA) is 364 Å². The van der Waals surface area contributed by atoms with Gasteiger partial charge in [0.1, 0.15) is 60.5 Å². The summed E-state index contributed by atoms with van der Waals surface area (Å²) in [6.07, 6.45) is 0.251. The van der Waals surface area contributed by atoms with Crippen molar-refractivity contribution in [2.75, 3.05) is 166 Å². The normalized spacial score (nSPS) is 11.9. The Labute approximate surface area is 482 Å². The van der Waals surface area contributed by atoms with Crippen molar-refractivity contribution in [3.63, 3.8) is 0 Å². The van der Waals surface area contributed by atoms with Gasteiger partial charge in [0, 0.05) is 39.3 Å². The van der Waals surface area contributed by atoms with Crippen molar-refractivity contribution in [1.29, 1.82) is 0 Å². The van der Waals surface area contributed by atoms with Gasteiger partial charge in [-0.3, -0.25) is 29.0 Å². The van der Waals surface area contributed by atoms with E-state index in [1.54, 1.807) is 59.3 Å². The molecule has 0 aliphatic carbocycles. The molecule has 0 spiro atoms. The number of carbonyl (C=O) groups is 6. The second kappa shape index (κ2) is 43.5. The fourth-order valence-corrected chi connectivity index (χ4v) is 23.7. The van der Waals surface area contributed by atoms with Crippen molar-refractivity contribution < 1.29 is 99.2 Å². The molecular weight excluding hydrogens is 1230 g/mol. The summed E-state index contributed by atoms with van der Waals surface area (Å²) in [6, 6.07) is 0. The fraction of sp³-hybridized carbons (Fsp3) is 0.841. The zero-order valence-corrected chi connectivity index (χ0v) is 56.5. The number of hydrogen-bond acceptors (Lipinski definition) is 25. The fourth-order valence-electron chi connectivity index (χ4n) is 5.94. The number of hydrogen-bond donors (Lipinski definition) is 3. The number of isocyanates is 1. The van der Waals surface area contributed by atoms with E-state index in [1.165, 1.54) is 59.4 Å².